The fraction of sp³-hybridized carbons (Fsp3) is 0. The van der Waals surface area contributed by atoms with Gasteiger partial charge >= 0.3 is 0 Å². The number of rotatable bonds is 5. The SMILES string of the molecule is c1ccc(-c2ccc(-c3nc(-c4ccc5c(ccc6ccccc65)c4)nc(-c4c(-n5c6ccccc6c6cc7ccccc7cc65)ccc5c4oc4ccccc45)n3)cc2)cc1. The van der Waals surface area contributed by atoms with Crippen molar-refractivity contribution in [2.24, 2.45) is 0 Å². The van der Waals surface area contributed by atoms with Crippen molar-refractivity contribution < 1.29 is 4.42 Å². The summed E-state index contributed by atoms with van der Waals surface area (Å²) in [6.45, 7) is 0. The Morgan fingerprint density at radius 2 is 0.903 bits per heavy atom. The number of hydrogen-bond acceptors (Lipinski definition) is 4. The highest BCUT2D eigenvalue weighted by Crippen LogP contribution is 2.43. The lowest BCUT2D eigenvalue weighted by Gasteiger charge is -2.15. The first-order chi connectivity index (χ1) is 30.7. The zero-order valence-corrected chi connectivity index (χ0v) is 33.3. The van der Waals surface area contributed by atoms with Crippen LogP contribution in [0.5, 0.6) is 0 Å². The molecule has 13 aromatic rings. The first kappa shape index (κ1) is 34.5. The molecule has 0 aliphatic carbocycles. The smallest absolute Gasteiger partial charge is 0.170 e. The minimum absolute atomic E-state index is 0.530. The Morgan fingerprint density at radius 1 is 0.323 bits per heavy atom. The van der Waals surface area contributed by atoms with E-state index in [4.69, 9.17) is 19.4 Å². The zero-order chi connectivity index (χ0) is 40.7. The summed E-state index contributed by atoms with van der Waals surface area (Å²) in [4.78, 5) is 16.1. The van der Waals surface area contributed by atoms with Gasteiger partial charge in [0.15, 0.2) is 17.5 Å². The number of para-hydroxylation sites is 2. The van der Waals surface area contributed by atoms with Crippen LogP contribution in [0.25, 0.3) is 127 Å². The molecule has 288 valence electrons. The summed E-state index contributed by atoms with van der Waals surface area (Å²) < 4.78 is 9.27. The Bertz CT molecular complexity index is 3920. The Hall–Kier alpha value is -8.41. The molecular weight excluding hydrogens is 757 g/mol. The van der Waals surface area contributed by atoms with E-state index in [1.807, 2.05) is 18.2 Å². The van der Waals surface area contributed by atoms with Crippen molar-refractivity contribution in [1.82, 2.24) is 19.5 Å². The van der Waals surface area contributed by atoms with Crippen LogP contribution in [0.2, 0.25) is 0 Å². The predicted molar refractivity (Wildman–Crippen MR) is 256 cm³/mol. The lowest BCUT2D eigenvalue weighted by atomic mass is 10.00. The maximum atomic E-state index is 6.91. The first-order valence-corrected chi connectivity index (χ1v) is 20.9. The molecular formula is C57H34N4O. The van der Waals surface area contributed by atoms with Gasteiger partial charge in [-0.3, -0.25) is 0 Å². The molecule has 5 heteroatoms. The summed E-state index contributed by atoms with van der Waals surface area (Å²) in [5, 5.41) is 11.5. The normalized spacial score (nSPS) is 11.9. The van der Waals surface area contributed by atoms with Gasteiger partial charge in [-0.15, -0.1) is 0 Å². The van der Waals surface area contributed by atoms with Crippen molar-refractivity contribution in [2.45, 2.75) is 0 Å². The highest BCUT2D eigenvalue weighted by atomic mass is 16.3. The predicted octanol–water partition coefficient (Wildman–Crippen LogP) is 15.0. The van der Waals surface area contributed by atoms with Gasteiger partial charge in [0, 0.05) is 32.7 Å². The van der Waals surface area contributed by atoms with Crippen molar-refractivity contribution in [3.63, 3.8) is 0 Å². The number of fused-ring (bicyclic) bond motifs is 10. The van der Waals surface area contributed by atoms with Crippen molar-refractivity contribution in [3.8, 4) is 51.0 Å². The third kappa shape index (κ3) is 5.38. The average molecular weight is 791 g/mol. The molecule has 0 saturated heterocycles. The molecule has 0 amide bonds. The Labute approximate surface area is 355 Å². The van der Waals surface area contributed by atoms with E-state index in [-0.39, 0.29) is 0 Å². The summed E-state index contributed by atoms with van der Waals surface area (Å²) in [6.07, 6.45) is 0. The van der Waals surface area contributed by atoms with Crippen molar-refractivity contribution in [2.75, 3.05) is 0 Å². The molecule has 0 fully saturated rings. The molecule has 0 radical (unpaired) electrons. The average Bonchev–Trinajstić information content (AvgIpc) is 3.88. The number of benzene rings is 10. The quantitative estimate of drug-likeness (QED) is 0.163. The van der Waals surface area contributed by atoms with Gasteiger partial charge in [0.1, 0.15) is 11.2 Å². The van der Waals surface area contributed by atoms with Crippen LogP contribution >= 0.6 is 0 Å². The lowest BCUT2D eigenvalue weighted by Crippen LogP contribution is -2.04. The highest BCUT2D eigenvalue weighted by molar-refractivity contribution is 6.16. The van der Waals surface area contributed by atoms with Gasteiger partial charge in [0.05, 0.1) is 22.3 Å². The van der Waals surface area contributed by atoms with Crippen LogP contribution in [0.4, 0.5) is 0 Å². The minimum atomic E-state index is 0.530. The van der Waals surface area contributed by atoms with E-state index >= 15 is 0 Å². The van der Waals surface area contributed by atoms with E-state index < -0.39 is 0 Å². The monoisotopic (exact) mass is 790 g/mol. The van der Waals surface area contributed by atoms with Gasteiger partial charge in [-0.2, -0.15) is 0 Å². The molecule has 62 heavy (non-hydrogen) atoms. The molecule has 5 nitrogen and oxygen atoms in total. The van der Waals surface area contributed by atoms with Crippen LogP contribution in [0.15, 0.2) is 211 Å². The second-order valence-corrected chi connectivity index (χ2v) is 16.0. The molecule has 0 unspecified atom stereocenters. The van der Waals surface area contributed by atoms with Crippen LogP contribution < -0.4 is 0 Å². The Kier molecular flexibility index (Phi) is 7.54. The van der Waals surface area contributed by atoms with Gasteiger partial charge in [0.2, 0.25) is 0 Å². The molecule has 0 atom stereocenters. The van der Waals surface area contributed by atoms with Gasteiger partial charge < -0.3 is 8.98 Å². The van der Waals surface area contributed by atoms with E-state index in [9.17, 15) is 0 Å². The van der Waals surface area contributed by atoms with Crippen LogP contribution in [-0.4, -0.2) is 19.5 Å². The molecule has 0 aliphatic rings. The summed E-state index contributed by atoms with van der Waals surface area (Å²) in [6, 6.07) is 72.8. The number of hydrogen-bond donors (Lipinski definition) is 0. The molecule has 3 aromatic heterocycles. The highest BCUT2D eigenvalue weighted by Gasteiger charge is 2.25. The van der Waals surface area contributed by atoms with Crippen molar-refractivity contribution in [3.05, 3.63) is 206 Å². The largest absolute Gasteiger partial charge is 0.455 e. The third-order valence-electron chi connectivity index (χ3n) is 12.4. The van der Waals surface area contributed by atoms with Crippen LogP contribution in [-0.2, 0) is 0 Å². The zero-order valence-electron chi connectivity index (χ0n) is 33.3. The van der Waals surface area contributed by atoms with E-state index in [0.717, 1.165) is 71.9 Å². The topological polar surface area (TPSA) is 56.7 Å². The van der Waals surface area contributed by atoms with Crippen molar-refractivity contribution >= 4 is 76.1 Å². The van der Waals surface area contributed by atoms with Gasteiger partial charge in [0.25, 0.3) is 0 Å². The van der Waals surface area contributed by atoms with Crippen LogP contribution in [0, 0.1) is 0 Å². The minimum Gasteiger partial charge on any atom is -0.455 e. The number of aromatic nitrogens is 4. The van der Waals surface area contributed by atoms with Crippen LogP contribution in [0.1, 0.15) is 0 Å². The molecule has 0 aliphatic heterocycles. The second-order valence-electron chi connectivity index (χ2n) is 16.0. The molecule has 0 spiro atoms. The first-order valence-electron chi connectivity index (χ1n) is 20.9. The fourth-order valence-corrected chi connectivity index (χ4v) is 9.44. The molecule has 10 aromatic carbocycles. The molecule has 0 bridgehead atoms. The molecule has 3 heterocycles. The molecule has 0 saturated carbocycles. The van der Waals surface area contributed by atoms with Gasteiger partial charge in [-0.25, -0.2) is 15.0 Å². The summed E-state index contributed by atoms with van der Waals surface area (Å²) in [7, 11) is 0. The van der Waals surface area contributed by atoms with E-state index in [2.05, 4.69) is 193 Å². The Morgan fingerprint density at radius 3 is 1.74 bits per heavy atom. The standard InChI is InChI=1S/C57H34N4O/c1-2-12-35(13-3-1)36-22-25-38(26-23-36)55-58-56(42-28-29-44-41(32-42)27-24-37-14-6-7-17-43(37)44)60-57(59-55)53-50(31-30-47-46-19-9-11-21-52(46)62-54(47)53)61-49-20-10-8-18-45(49)48-33-39-15-4-5-16-40(39)34-51(48)61/h1-34H. The van der Waals surface area contributed by atoms with Gasteiger partial charge in [-0.1, -0.05) is 164 Å². The van der Waals surface area contributed by atoms with E-state index in [0.29, 0.717) is 17.5 Å². The van der Waals surface area contributed by atoms with Crippen molar-refractivity contribution in [1.29, 1.82) is 0 Å². The van der Waals surface area contributed by atoms with Crippen LogP contribution in [0.3, 0.4) is 0 Å². The number of furan rings is 1. The van der Waals surface area contributed by atoms with E-state index in [1.165, 1.54) is 37.7 Å². The summed E-state index contributed by atoms with van der Waals surface area (Å²) >= 11 is 0. The maximum Gasteiger partial charge on any atom is 0.170 e. The molecule has 0 N–H and O–H groups in total. The summed E-state index contributed by atoms with van der Waals surface area (Å²) in [5.41, 5.74) is 9.50. The van der Waals surface area contributed by atoms with E-state index in [1.54, 1.807) is 0 Å². The maximum absolute atomic E-state index is 6.91. The second kappa shape index (κ2) is 13.6. The third-order valence-corrected chi connectivity index (χ3v) is 12.4. The summed E-state index contributed by atoms with van der Waals surface area (Å²) in [5.74, 6) is 1.69. The number of nitrogens with zero attached hydrogens (tertiary/aromatic N) is 4. The fourth-order valence-electron chi connectivity index (χ4n) is 9.44. The lowest BCUT2D eigenvalue weighted by molar-refractivity contribution is 0.669. The van der Waals surface area contributed by atoms with Gasteiger partial charge in [-0.05, 0) is 85.9 Å². The Balaban J connectivity index is 1.11. The molecule has 13 rings (SSSR count).